The molecule has 3 rings (SSSR count). The van der Waals surface area contributed by atoms with E-state index in [0.717, 1.165) is 24.5 Å². The molecule has 0 saturated heterocycles. The lowest BCUT2D eigenvalue weighted by molar-refractivity contribution is -0.0976. The fraction of sp³-hybridized carbons (Fsp3) is 0.235. The molecule has 1 aliphatic carbocycles. The SMILES string of the molecule is CS(=O)(=O)c1ccc(Oc2cc(F)cc(C#N)c2)c2c1[C@@H](O)C(F)(F)C2. The maximum absolute atomic E-state index is 14.0. The Morgan fingerprint density at radius 1 is 1.31 bits per heavy atom. The van der Waals surface area contributed by atoms with Crippen molar-refractivity contribution in [3.8, 4) is 17.6 Å². The summed E-state index contributed by atoms with van der Waals surface area (Å²) in [5, 5.41) is 18.8. The first-order valence-corrected chi connectivity index (χ1v) is 9.22. The highest BCUT2D eigenvalue weighted by Crippen LogP contribution is 2.49. The van der Waals surface area contributed by atoms with E-state index in [-0.39, 0.29) is 22.6 Å². The number of aliphatic hydroxyl groups excluding tert-OH is 1. The first-order chi connectivity index (χ1) is 12.0. The number of nitrogens with zero attached hydrogens (tertiary/aromatic N) is 1. The molecule has 0 aliphatic heterocycles. The van der Waals surface area contributed by atoms with Gasteiger partial charge in [0.05, 0.1) is 16.5 Å². The molecule has 2 aromatic rings. The first-order valence-electron chi connectivity index (χ1n) is 7.33. The number of hydrogen-bond donors (Lipinski definition) is 1. The van der Waals surface area contributed by atoms with Gasteiger partial charge in [0.2, 0.25) is 0 Å². The van der Waals surface area contributed by atoms with Crippen molar-refractivity contribution in [2.45, 2.75) is 23.3 Å². The molecule has 0 saturated carbocycles. The van der Waals surface area contributed by atoms with E-state index in [0.29, 0.717) is 0 Å². The normalized spacial score (nSPS) is 18.2. The summed E-state index contributed by atoms with van der Waals surface area (Å²) in [6.45, 7) is 0. The predicted molar refractivity (Wildman–Crippen MR) is 84.4 cm³/mol. The summed E-state index contributed by atoms with van der Waals surface area (Å²) in [7, 11) is -3.87. The van der Waals surface area contributed by atoms with Crippen LogP contribution in [0.4, 0.5) is 13.2 Å². The van der Waals surface area contributed by atoms with Crippen LogP contribution in [0.2, 0.25) is 0 Å². The Balaban J connectivity index is 2.15. The fourth-order valence-corrected chi connectivity index (χ4v) is 3.83. The smallest absolute Gasteiger partial charge is 0.281 e. The minimum Gasteiger partial charge on any atom is -0.457 e. The summed E-state index contributed by atoms with van der Waals surface area (Å²) in [6, 6.07) is 7.10. The number of halogens is 3. The summed E-state index contributed by atoms with van der Waals surface area (Å²) >= 11 is 0. The molecule has 0 spiro atoms. The van der Waals surface area contributed by atoms with Crippen LogP contribution in [0.15, 0.2) is 35.2 Å². The Morgan fingerprint density at radius 2 is 2.00 bits per heavy atom. The van der Waals surface area contributed by atoms with Crippen molar-refractivity contribution in [3.63, 3.8) is 0 Å². The van der Waals surface area contributed by atoms with E-state index >= 15 is 0 Å². The van der Waals surface area contributed by atoms with Crippen molar-refractivity contribution in [2.75, 3.05) is 6.26 Å². The number of sulfone groups is 1. The maximum Gasteiger partial charge on any atom is 0.281 e. The lowest BCUT2D eigenvalue weighted by atomic mass is 10.1. The van der Waals surface area contributed by atoms with E-state index in [1.807, 2.05) is 0 Å². The van der Waals surface area contributed by atoms with Crippen LogP contribution < -0.4 is 4.74 Å². The molecular formula is C17H12F3NO4S. The number of alkyl halides is 2. The lowest BCUT2D eigenvalue weighted by Crippen LogP contribution is -2.22. The van der Waals surface area contributed by atoms with Gasteiger partial charge in [0.15, 0.2) is 9.84 Å². The second kappa shape index (κ2) is 6.00. The summed E-state index contributed by atoms with van der Waals surface area (Å²) in [4.78, 5) is -0.415. The number of hydrogen-bond acceptors (Lipinski definition) is 5. The highest BCUT2D eigenvalue weighted by molar-refractivity contribution is 7.90. The third-order valence-electron chi connectivity index (χ3n) is 3.99. The van der Waals surface area contributed by atoms with Gasteiger partial charge in [-0.05, 0) is 24.3 Å². The van der Waals surface area contributed by atoms with Gasteiger partial charge < -0.3 is 9.84 Å². The van der Waals surface area contributed by atoms with Gasteiger partial charge in [-0.3, -0.25) is 0 Å². The van der Waals surface area contributed by atoms with Crippen LogP contribution in [0.5, 0.6) is 11.5 Å². The molecule has 0 bridgehead atoms. The molecule has 9 heteroatoms. The zero-order valence-electron chi connectivity index (χ0n) is 13.3. The third-order valence-corrected chi connectivity index (χ3v) is 5.14. The highest BCUT2D eigenvalue weighted by Gasteiger charge is 2.50. The van der Waals surface area contributed by atoms with E-state index in [9.17, 15) is 26.7 Å². The summed E-state index contributed by atoms with van der Waals surface area (Å²) in [6.07, 6.45) is -2.38. The zero-order chi connectivity index (χ0) is 19.3. The average Bonchev–Trinajstić information content (AvgIpc) is 2.77. The second-order valence-electron chi connectivity index (χ2n) is 5.96. The molecule has 1 atom stereocenters. The van der Waals surface area contributed by atoms with Crippen molar-refractivity contribution in [2.24, 2.45) is 0 Å². The molecule has 0 aromatic heterocycles. The predicted octanol–water partition coefficient (Wildman–Crippen LogP) is 3.12. The van der Waals surface area contributed by atoms with Crippen molar-refractivity contribution in [3.05, 3.63) is 52.8 Å². The quantitative estimate of drug-likeness (QED) is 0.880. The number of rotatable bonds is 3. The van der Waals surface area contributed by atoms with Crippen LogP contribution in [0, 0.1) is 17.1 Å². The van der Waals surface area contributed by atoms with Gasteiger partial charge >= 0.3 is 0 Å². The average molecular weight is 383 g/mol. The lowest BCUT2D eigenvalue weighted by Gasteiger charge is -2.15. The van der Waals surface area contributed by atoms with E-state index in [1.165, 1.54) is 12.1 Å². The molecule has 26 heavy (non-hydrogen) atoms. The van der Waals surface area contributed by atoms with E-state index in [1.54, 1.807) is 6.07 Å². The first kappa shape index (κ1) is 18.2. The maximum atomic E-state index is 14.0. The number of aliphatic hydroxyl groups is 1. The van der Waals surface area contributed by atoms with Crippen molar-refractivity contribution in [1.82, 2.24) is 0 Å². The van der Waals surface area contributed by atoms with Gasteiger partial charge in [-0.15, -0.1) is 0 Å². The summed E-state index contributed by atoms with van der Waals surface area (Å²) < 4.78 is 70.7. The molecule has 0 fully saturated rings. The summed E-state index contributed by atoms with van der Waals surface area (Å²) in [5.41, 5.74) is -0.630. The Hall–Kier alpha value is -2.57. The Labute approximate surface area is 147 Å². The van der Waals surface area contributed by atoms with Crippen LogP contribution in [-0.2, 0) is 16.3 Å². The monoisotopic (exact) mass is 383 g/mol. The standard InChI is InChI=1S/C17H12F3NO4S/c1-26(23,24)14-3-2-13(12-7-17(19,20)16(22)15(12)14)25-11-5-9(8-21)4-10(18)6-11/h2-6,16,22H,7H2,1H3/t16-/m1/s1. The van der Waals surface area contributed by atoms with Gasteiger partial charge in [0.25, 0.3) is 5.92 Å². The van der Waals surface area contributed by atoms with Crippen molar-refractivity contribution in [1.29, 1.82) is 5.26 Å². The number of fused-ring (bicyclic) bond motifs is 1. The molecule has 1 aliphatic rings. The van der Waals surface area contributed by atoms with E-state index in [4.69, 9.17) is 10.00 Å². The number of nitriles is 1. The van der Waals surface area contributed by atoms with Gasteiger partial charge in [0, 0.05) is 29.9 Å². The third kappa shape index (κ3) is 3.13. The van der Waals surface area contributed by atoms with Crippen LogP contribution in [0.25, 0.3) is 0 Å². The number of ether oxygens (including phenoxy) is 1. The molecular weight excluding hydrogens is 371 g/mol. The van der Waals surface area contributed by atoms with Crippen molar-refractivity contribution < 1.29 is 31.4 Å². The highest BCUT2D eigenvalue weighted by atomic mass is 32.2. The minimum atomic E-state index is -3.87. The van der Waals surface area contributed by atoms with Crippen molar-refractivity contribution >= 4 is 9.84 Å². The second-order valence-corrected chi connectivity index (χ2v) is 7.94. The van der Waals surface area contributed by atoms with Crippen LogP contribution in [0.1, 0.15) is 22.8 Å². The summed E-state index contributed by atoms with van der Waals surface area (Å²) in [5.74, 6) is -4.58. The largest absolute Gasteiger partial charge is 0.457 e. The van der Waals surface area contributed by atoms with Crippen LogP contribution >= 0.6 is 0 Å². The van der Waals surface area contributed by atoms with Gasteiger partial charge in [-0.1, -0.05) is 0 Å². The number of benzene rings is 2. The molecule has 0 radical (unpaired) electrons. The van der Waals surface area contributed by atoms with E-state index in [2.05, 4.69) is 0 Å². The molecule has 136 valence electrons. The van der Waals surface area contributed by atoms with Gasteiger partial charge in [-0.25, -0.2) is 21.6 Å². The Kier molecular flexibility index (Phi) is 4.21. The molecule has 0 unspecified atom stereocenters. The minimum absolute atomic E-state index is 0.0326. The van der Waals surface area contributed by atoms with Crippen LogP contribution in [0.3, 0.4) is 0 Å². The van der Waals surface area contributed by atoms with Crippen LogP contribution in [-0.4, -0.2) is 25.7 Å². The molecule has 1 N–H and O–H groups in total. The Morgan fingerprint density at radius 3 is 2.62 bits per heavy atom. The molecule has 5 nitrogen and oxygen atoms in total. The van der Waals surface area contributed by atoms with Gasteiger partial charge in [-0.2, -0.15) is 5.26 Å². The fourth-order valence-electron chi connectivity index (χ4n) is 2.88. The Bertz CT molecular complexity index is 1040. The molecule has 0 amide bonds. The zero-order valence-corrected chi connectivity index (χ0v) is 14.1. The van der Waals surface area contributed by atoms with E-state index < -0.39 is 44.6 Å². The molecule has 0 heterocycles. The molecule has 2 aromatic carbocycles. The van der Waals surface area contributed by atoms with Gasteiger partial charge in [0.1, 0.15) is 23.4 Å². The topological polar surface area (TPSA) is 87.4 Å².